The molecule has 0 spiro atoms. The average Bonchev–Trinajstić information content (AvgIpc) is 3.38. The molecule has 2 rings (SSSR count). The number of amides is 2. The van der Waals surface area contributed by atoms with Gasteiger partial charge in [0.15, 0.2) is 17.8 Å². The van der Waals surface area contributed by atoms with Crippen LogP contribution in [0.25, 0.3) is 0 Å². The molecule has 0 radical (unpaired) electrons. The molecular weight excluding hydrogens is 658 g/mol. The van der Waals surface area contributed by atoms with Crippen molar-refractivity contribution in [3.05, 3.63) is 11.5 Å². The van der Waals surface area contributed by atoms with Crippen LogP contribution < -0.4 is 0 Å². The van der Waals surface area contributed by atoms with Crippen LogP contribution in [0.2, 0.25) is 0 Å². The highest BCUT2D eigenvalue weighted by atomic mass is 16.7. The molecule has 0 aromatic carbocycles. The summed E-state index contributed by atoms with van der Waals surface area (Å²) in [6.45, 7) is -3.54. The van der Waals surface area contributed by atoms with Gasteiger partial charge in [-0.3, -0.25) is 9.59 Å². The summed E-state index contributed by atoms with van der Waals surface area (Å²) in [5.41, 5.74) is -2.47. The van der Waals surface area contributed by atoms with Gasteiger partial charge in [0.25, 0.3) is 11.8 Å². The number of hydrogen-bond acceptors (Lipinski definition) is 20. The molecule has 0 bridgehead atoms. The Kier molecular flexibility index (Phi) is 16.9. The van der Waals surface area contributed by atoms with Crippen molar-refractivity contribution in [3.63, 3.8) is 0 Å². The predicted octanol–water partition coefficient (Wildman–Crippen LogP) is -5.76. The van der Waals surface area contributed by atoms with E-state index in [-0.39, 0.29) is 38.7 Å². The van der Waals surface area contributed by atoms with E-state index < -0.39 is 130 Å². The molecule has 21 nitrogen and oxygen atoms in total. The zero-order valence-corrected chi connectivity index (χ0v) is 25.8. The molecule has 2 heterocycles. The van der Waals surface area contributed by atoms with Gasteiger partial charge in [-0.2, -0.15) is 0 Å². The fraction of sp³-hybridized carbons (Fsp3) is 0.815. The summed E-state index contributed by atoms with van der Waals surface area (Å²) in [7, 11) is 0. The largest absolute Gasteiger partial charge is 0.506 e. The maximum Gasteiger partial charge on any atom is 0.333 e. The Morgan fingerprint density at radius 2 is 1.62 bits per heavy atom. The van der Waals surface area contributed by atoms with Crippen molar-refractivity contribution in [1.29, 1.82) is 0 Å². The van der Waals surface area contributed by atoms with Gasteiger partial charge in [-0.05, 0) is 19.3 Å². The van der Waals surface area contributed by atoms with Crippen molar-refractivity contribution in [2.24, 2.45) is 0 Å². The normalized spacial score (nSPS) is 27.6. The van der Waals surface area contributed by atoms with Gasteiger partial charge < -0.3 is 85.1 Å². The molecule has 0 saturated carbocycles. The number of aliphatic hydroxyl groups excluding tert-OH is 11. The first-order valence-corrected chi connectivity index (χ1v) is 15.0. The second kappa shape index (κ2) is 19.5. The number of carbonyl (C=O) groups excluding carboxylic acids is 3. The van der Waals surface area contributed by atoms with E-state index in [0.29, 0.717) is 5.06 Å². The van der Waals surface area contributed by atoms with E-state index in [1.54, 1.807) is 0 Å². The van der Waals surface area contributed by atoms with Crippen molar-refractivity contribution in [2.45, 2.75) is 106 Å². The third kappa shape index (κ3) is 10.9. The van der Waals surface area contributed by atoms with Crippen LogP contribution >= 0.6 is 0 Å². The SMILES string of the molecule is O=C(CCCO[C@H]1OC(CO)[C@@H](O)C(O)C1O[C@@H](O)/C(O[C@H](O)C(O)C(O)(CO)CCCO)=C(\O)[C@H](O)CCO)ON1C(=O)CCC1=O. The van der Waals surface area contributed by atoms with Crippen LogP contribution in [0.1, 0.15) is 44.9 Å². The van der Waals surface area contributed by atoms with Gasteiger partial charge in [-0.25, -0.2) is 4.79 Å². The van der Waals surface area contributed by atoms with Gasteiger partial charge in [-0.15, -0.1) is 5.06 Å². The standard InChI is InChI=1S/C27H45NO20/c29-8-2-7-27(43,12-32)23(40)25(42)46-21(18(37)13(33)6-9-30)24(41)47-22-20(39)19(38)14(11-31)45-26(22)44-10-1-3-17(36)48-28-15(34)4-5-16(28)35/h13-14,19-20,22-26,29-33,37-43H,1-12H2/b21-18+/t13-,14?,19-,20?,22?,23?,24-,25+,26+,27?/m1/s1. The van der Waals surface area contributed by atoms with Crippen LogP contribution in [-0.4, -0.2) is 178 Å². The monoisotopic (exact) mass is 703 g/mol. The quantitative estimate of drug-likeness (QED) is 0.0229. The summed E-state index contributed by atoms with van der Waals surface area (Å²) in [6.07, 6.45) is -20.4. The molecule has 278 valence electrons. The van der Waals surface area contributed by atoms with Crippen molar-refractivity contribution in [1.82, 2.24) is 5.06 Å². The molecule has 5 unspecified atom stereocenters. The second-order valence-corrected chi connectivity index (χ2v) is 11.0. The summed E-state index contributed by atoms with van der Waals surface area (Å²) in [5.74, 6) is -4.85. The van der Waals surface area contributed by atoms with Crippen molar-refractivity contribution >= 4 is 17.8 Å². The third-order valence-corrected chi connectivity index (χ3v) is 7.42. The lowest BCUT2D eigenvalue weighted by Crippen LogP contribution is -2.61. The summed E-state index contributed by atoms with van der Waals surface area (Å²) in [6, 6.07) is 0. The Morgan fingerprint density at radius 3 is 2.19 bits per heavy atom. The summed E-state index contributed by atoms with van der Waals surface area (Å²) < 4.78 is 21.2. The van der Waals surface area contributed by atoms with Gasteiger partial charge in [0.1, 0.15) is 42.2 Å². The van der Waals surface area contributed by atoms with Crippen LogP contribution in [0.15, 0.2) is 11.5 Å². The molecule has 2 fully saturated rings. The Labute approximate surface area is 273 Å². The summed E-state index contributed by atoms with van der Waals surface area (Å²) in [4.78, 5) is 40.1. The van der Waals surface area contributed by atoms with Crippen LogP contribution in [0.5, 0.6) is 0 Å². The highest BCUT2D eigenvalue weighted by molar-refractivity contribution is 6.01. The lowest BCUT2D eigenvalue weighted by Gasteiger charge is -2.42. The number of ether oxygens (including phenoxy) is 4. The molecule has 2 aliphatic rings. The van der Waals surface area contributed by atoms with E-state index in [9.17, 15) is 65.4 Å². The van der Waals surface area contributed by atoms with Gasteiger partial charge in [0.05, 0.1) is 26.2 Å². The van der Waals surface area contributed by atoms with Crippen LogP contribution in [-0.2, 0) is 38.2 Å². The number of hydroxylamine groups is 2. The smallest absolute Gasteiger partial charge is 0.333 e. The maximum absolute atomic E-state index is 12.1. The minimum Gasteiger partial charge on any atom is -0.506 e. The van der Waals surface area contributed by atoms with Gasteiger partial charge in [0, 0.05) is 32.5 Å². The third-order valence-electron chi connectivity index (χ3n) is 7.42. The molecule has 2 amide bonds. The van der Waals surface area contributed by atoms with Crippen molar-refractivity contribution in [3.8, 4) is 0 Å². The molecule has 21 heteroatoms. The Bertz CT molecular complexity index is 1060. The number of nitrogens with zero attached hydrogens (tertiary/aromatic N) is 1. The molecule has 2 aliphatic heterocycles. The topological polar surface area (TPSA) is 343 Å². The zero-order chi connectivity index (χ0) is 36.2. The molecule has 0 aromatic rings. The van der Waals surface area contributed by atoms with E-state index >= 15 is 0 Å². The fourth-order valence-electron chi connectivity index (χ4n) is 4.60. The Morgan fingerprint density at radius 1 is 0.979 bits per heavy atom. The predicted molar refractivity (Wildman–Crippen MR) is 150 cm³/mol. The molecule has 0 aromatic heterocycles. The van der Waals surface area contributed by atoms with Crippen molar-refractivity contribution in [2.75, 3.05) is 33.0 Å². The number of hydrogen-bond donors (Lipinski definition) is 12. The first-order chi connectivity index (χ1) is 22.6. The van der Waals surface area contributed by atoms with Crippen LogP contribution in [0.4, 0.5) is 0 Å². The van der Waals surface area contributed by atoms with Crippen molar-refractivity contribution < 1.29 is 99.4 Å². The number of carbonyl (C=O) groups is 3. The van der Waals surface area contributed by atoms with Gasteiger partial charge >= 0.3 is 5.97 Å². The minimum atomic E-state index is -2.60. The molecule has 10 atom stereocenters. The molecular formula is C27H45NO20. The highest BCUT2D eigenvalue weighted by Crippen LogP contribution is 2.29. The lowest BCUT2D eigenvalue weighted by molar-refractivity contribution is -0.331. The number of rotatable bonds is 21. The van der Waals surface area contributed by atoms with Gasteiger partial charge in [-0.1, -0.05) is 0 Å². The first kappa shape index (κ1) is 41.6. The van der Waals surface area contributed by atoms with Crippen LogP contribution in [0.3, 0.4) is 0 Å². The minimum absolute atomic E-state index is 0.114. The molecule has 48 heavy (non-hydrogen) atoms. The van der Waals surface area contributed by atoms with E-state index in [1.807, 2.05) is 0 Å². The maximum atomic E-state index is 12.1. The fourth-order valence-corrected chi connectivity index (χ4v) is 4.60. The van der Waals surface area contributed by atoms with Crippen LogP contribution in [0, 0.1) is 0 Å². The Balaban J connectivity index is 2.22. The first-order valence-electron chi connectivity index (χ1n) is 15.0. The van der Waals surface area contributed by atoms with E-state index in [2.05, 4.69) is 0 Å². The Hall–Kier alpha value is -2.61. The van der Waals surface area contributed by atoms with E-state index in [4.69, 9.17) is 34.0 Å². The van der Waals surface area contributed by atoms with Gasteiger partial charge in [0.2, 0.25) is 12.6 Å². The second-order valence-electron chi connectivity index (χ2n) is 11.0. The lowest BCUT2D eigenvalue weighted by atomic mass is 9.91. The molecule has 2 saturated heterocycles. The summed E-state index contributed by atoms with van der Waals surface area (Å²) >= 11 is 0. The van der Waals surface area contributed by atoms with E-state index in [1.165, 1.54) is 0 Å². The van der Waals surface area contributed by atoms with E-state index in [0.717, 1.165) is 0 Å². The molecule has 0 aliphatic carbocycles. The highest BCUT2D eigenvalue weighted by Gasteiger charge is 2.48. The summed E-state index contributed by atoms with van der Waals surface area (Å²) in [5, 5.41) is 122. The zero-order valence-electron chi connectivity index (χ0n) is 25.8. The molecule has 12 N–H and O–H groups in total. The number of imide groups is 1. The number of aliphatic hydroxyl groups is 12. The average molecular weight is 704 g/mol.